The molecule has 2 atom stereocenters. The van der Waals surface area contributed by atoms with Crippen molar-refractivity contribution in [1.82, 2.24) is 5.32 Å². The van der Waals surface area contributed by atoms with E-state index in [-0.39, 0.29) is 11.9 Å². The number of nitrogens with one attached hydrogen (secondary N) is 1. The molecule has 0 aliphatic heterocycles. The Bertz CT molecular complexity index is 496. The monoisotopic (exact) mass is 260 g/mol. The number of carbonyl (C=O) groups is 1. The zero-order valence-corrected chi connectivity index (χ0v) is 11.0. The lowest BCUT2D eigenvalue weighted by Crippen LogP contribution is -2.35. The zero-order chi connectivity index (χ0) is 13.0. The number of carbonyl (C=O) groups excluding carboxylic acids is 1. The molecule has 18 heavy (non-hydrogen) atoms. The molecule has 3 nitrogen and oxygen atoms in total. The van der Waals surface area contributed by atoms with E-state index in [0.29, 0.717) is 0 Å². The van der Waals surface area contributed by atoms with Crippen LogP contribution >= 0.6 is 11.3 Å². The molecule has 1 amide bonds. The summed E-state index contributed by atoms with van der Waals surface area (Å²) >= 11 is 1.50. The van der Waals surface area contributed by atoms with E-state index in [4.69, 9.17) is 5.73 Å². The van der Waals surface area contributed by atoms with Gasteiger partial charge in [0.2, 0.25) is 5.91 Å². The van der Waals surface area contributed by atoms with E-state index in [9.17, 15) is 4.79 Å². The summed E-state index contributed by atoms with van der Waals surface area (Å²) in [5.74, 6) is -0.145. The van der Waals surface area contributed by atoms with E-state index in [1.54, 1.807) is 0 Å². The quantitative estimate of drug-likeness (QED) is 0.888. The Morgan fingerprint density at radius 1 is 1.22 bits per heavy atom. The fourth-order valence-corrected chi connectivity index (χ4v) is 2.45. The van der Waals surface area contributed by atoms with Crippen LogP contribution in [-0.4, -0.2) is 5.91 Å². The van der Waals surface area contributed by atoms with Gasteiger partial charge in [0.25, 0.3) is 0 Å². The molecular weight excluding hydrogens is 244 g/mol. The van der Waals surface area contributed by atoms with E-state index in [1.165, 1.54) is 11.3 Å². The highest BCUT2D eigenvalue weighted by atomic mass is 32.1. The Balaban J connectivity index is 1.99. The minimum absolute atomic E-state index is 0.0373. The molecule has 2 rings (SSSR count). The van der Waals surface area contributed by atoms with Gasteiger partial charge >= 0.3 is 0 Å². The molecule has 4 heteroatoms. The molecule has 0 aliphatic rings. The molecule has 3 N–H and O–H groups in total. The average Bonchev–Trinajstić information content (AvgIpc) is 2.92. The molecular formula is C14H16N2OS. The molecule has 0 radical (unpaired) electrons. The number of hydrogen-bond donors (Lipinski definition) is 2. The second-order valence-electron chi connectivity index (χ2n) is 4.13. The van der Waals surface area contributed by atoms with Crippen LogP contribution < -0.4 is 11.1 Å². The van der Waals surface area contributed by atoms with Crippen LogP contribution in [0, 0.1) is 0 Å². The van der Waals surface area contributed by atoms with Crippen LogP contribution in [0.1, 0.15) is 29.4 Å². The number of amides is 1. The Hall–Kier alpha value is -1.65. The molecule has 1 aromatic heterocycles. The van der Waals surface area contributed by atoms with Crippen LogP contribution in [0.25, 0.3) is 0 Å². The third-order valence-corrected chi connectivity index (χ3v) is 3.75. The van der Waals surface area contributed by atoms with E-state index in [2.05, 4.69) is 5.32 Å². The number of rotatable bonds is 4. The number of benzene rings is 1. The molecule has 94 valence electrons. The molecule has 2 aromatic rings. The SMILES string of the molecule is C[C@@H](NC(=O)C(N)c1cccs1)c1ccccc1. The van der Waals surface area contributed by atoms with Gasteiger partial charge in [-0.15, -0.1) is 11.3 Å². The highest BCUT2D eigenvalue weighted by Crippen LogP contribution is 2.18. The summed E-state index contributed by atoms with van der Waals surface area (Å²) in [6.07, 6.45) is 0. The van der Waals surface area contributed by atoms with Crippen LogP contribution in [0.5, 0.6) is 0 Å². The molecule has 0 bridgehead atoms. The first-order valence-corrected chi connectivity index (χ1v) is 6.71. The highest BCUT2D eigenvalue weighted by Gasteiger charge is 2.18. The second kappa shape index (κ2) is 5.80. The third kappa shape index (κ3) is 2.97. The highest BCUT2D eigenvalue weighted by molar-refractivity contribution is 7.10. The summed E-state index contributed by atoms with van der Waals surface area (Å²) < 4.78 is 0. The second-order valence-corrected chi connectivity index (χ2v) is 5.11. The van der Waals surface area contributed by atoms with Crippen molar-refractivity contribution in [2.75, 3.05) is 0 Å². The smallest absolute Gasteiger partial charge is 0.242 e. The van der Waals surface area contributed by atoms with Crippen molar-refractivity contribution in [3.63, 3.8) is 0 Å². The maximum absolute atomic E-state index is 12.0. The molecule has 0 aliphatic carbocycles. The molecule has 0 spiro atoms. The predicted octanol–water partition coefficient (Wildman–Crippen LogP) is 2.63. The van der Waals surface area contributed by atoms with Crippen molar-refractivity contribution in [3.8, 4) is 0 Å². The van der Waals surface area contributed by atoms with Gasteiger partial charge in [0.15, 0.2) is 0 Å². The lowest BCUT2D eigenvalue weighted by Gasteiger charge is -2.17. The van der Waals surface area contributed by atoms with Crippen LogP contribution in [0.2, 0.25) is 0 Å². The summed E-state index contributed by atoms with van der Waals surface area (Å²) in [6, 6.07) is 13.0. The molecule has 1 unspecified atom stereocenters. The van der Waals surface area contributed by atoms with Crippen LogP contribution in [0.15, 0.2) is 47.8 Å². The maximum Gasteiger partial charge on any atom is 0.242 e. The van der Waals surface area contributed by atoms with Gasteiger partial charge in [-0.3, -0.25) is 4.79 Å². The molecule has 1 heterocycles. The van der Waals surface area contributed by atoms with Crippen molar-refractivity contribution in [2.24, 2.45) is 5.73 Å². The number of thiophene rings is 1. The normalized spacial score (nSPS) is 13.9. The predicted molar refractivity (Wildman–Crippen MR) is 74.2 cm³/mol. The van der Waals surface area contributed by atoms with Crippen LogP contribution in [0.4, 0.5) is 0 Å². The lowest BCUT2D eigenvalue weighted by atomic mass is 10.1. The van der Waals surface area contributed by atoms with Crippen molar-refractivity contribution < 1.29 is 4.79 Å². The third-order valence-electron chi connectivity index (χ3n) is 2.79. The minimum atomic E-state index is -0.587. The van der Waals surface area contributed by atoms with Gasteiger partial charge in [-0.1, -0.05) is 36.4 Å². The van der Waals surface area contributed by atoms with Crippen LogP contribution in [0.3, 0.4) is 0 Å². The first-order chi connectivity index (χ1) is 8.68. The van der Waals surface area contributed by atoms with Crippen molar-refractivity contribution in [2.45, 2.75) is 19.0 Å². The fourth-order valence-electron chi connectivity index (χ4n) is 1.73. The standard InChI is InChI=1S/C14H16N2OS/c1-10(11-6-3-2-4-7-11)16-14(17)13(15)12-8-5-9-18-12/h2-10,13H,15H2,1H3,(H,16,17)/t10-,13?/m1/s1. The number of nitrogens with two attached hydrogens (primary N) is 1. The van der Waals surface area contributed by atoms with Gasteiger partial charge in [-0.2, -0.15) is 0 Å². The first kappa shape index (κ1) is 12.8. The summed E-state index contributed by atoms with van der Waals surface area (Å²) in [6.45, 7) is 1.95. The van der Waals surface area contributed by atoms with Crippen molar-refractivity contribution >= 4 is 17.2 Å². The van der Waals surface area contributed by atoms with Crippen molar-refractivity contribution in [1.29, 1.82) is 0 Å². The molecule has 0 saturated carbocycles. The zero-order valence-electron chi connectivity index (χ0n) is 10.2. The van der Waals surface area contributed by atoms with Gasteiger partial charge in [0.05, 0.1) is 6.04 Å². The van der Waals surface area contributed by atoms with Gasteiger partial charge in [-0.25, -0.2) is 0 Å². The van der Waals surface area contributed by atoms with E-state index < -0.39 is 6.04 Å². The van der Waals surface area contributed by atoms with Gasteiger partial charge in [-0.05, 0) is 23.9 Å². The average molecular weight is 260 g/mol. The first-order valence-electron chi connectivity index (χ1n) is 5.83. The molecule has 0 saturated heterocycles. The Labute approximate surface area is 111 Å². The van der Waals surface area contributed by atoms with Crippen LogP contribution in [-0.2, 0) is 4.79 Å². The summed E-state index contributed by atoms with van der Waals surface area (Å²) in [5, 5.41) is 4.85. The van der Waals surface area contributed by atoms with Gasteiger partial charge < -0.3 is 11.1 Å². The number of hydrogen-bond acceptors (Lipinski definition) is 3. The van der Waals surface area contributed by atoms with E-state index in [1.807, 2.05) is 54.8 Å². The maximum atomic E-state index is 12.0. The summed E-state index contributed by atoms with van der Waals surface area (Å²) in [4.78, 5) is 12.9. The van der Waals surface area contributed by atoms with Gasteiger partial charge in [0.1, 0.15) is 6.04 Å². The Morgan fingerprint density at radius 3 is 2.56 bits per heavy atom. The molecule has 0 fully saturated rings. The minimum Gasteiger partial charge on any atom is -0.348 e. The van der Waals surface area contributed by atoms with Gasteiger partial charge in [0, 0.05) is 4.88 Å². The summed E-state index contributed by atoms with van der Waals surface area (Å²) in [7, 11) is 0. The fraction of sp³-hybridized carbons (Fsp3) is 0.214. The largest absolute Gasteiger partial charge is 0.348 e. The molecule has 1 aromatic carbocycles. The topological polar surface area (TPSA) is 55.1 Å². The van der Waals surface area contributed by atoms with Crippen molar-refractivity contribution in [3.05, 3.63) is 58.3 Å². The lowest BCUT2D eigenvalue weighted by molar-refractivity contribution is -0.123. The van der Waals surface area contributed by atoms with E-state index >= 15 is 0 Å². The summed E-state index contributed by atoms with van der Waals surface area (Å²) in [5.41, 5.74) is 6.98. The Kier molecular flexibility index (Phi) is 4.12. The Morgan fingerprint density at radius 2 is 1.94 bits per heavy atom. The van der Waals surface area contributed by atoms with E-state index in [0.717, 1.165) is 10.4 Å².